The molecular weight excluding hydrogens is 322 g/mol. The number of nitrogens with zero attached hydrogens (tertiary/aromatic N) is 1. The molecule has 2 heterocycles. The molecule has 3 rings (SSSR count). The van der Waals surface area contributed by atoms with Crippen LogP contribution in [-0.2, 0) is 0 Å². The van der Waals surface area contributed by atoms with Crippen LogP contribution in [0.1, 0.15) is 27.2 Å². The zero-order chi connectivity index (χ0) is 18.1. The third-order valence-corrected chi connectivity index (χ3v) is 3.82. The van der Waals surface area contributed by atoms with Crippen LogP contribution in [-0.4, -0.2) is 23.9 Å². The van der Waals surface area contributed by atoms with Crippen LogP contribution in [0.5, 0.6) is 5.88 Å². The van der Waals surface area contributed by atoms with Gasteiger partial charge in [0.25, 0.3) is 0 Å². The SMILES string of the molecule is COc1ccc2c(NC(N)=O)c(C(=O)c3ccc(C)cc3C)oc2n1. The van der Waals surface area contributed by atoms with Crippen LogP contribution in [0.25, 0.3) is 11.1 Å². The first-order chi connectivity index (χ1) is 11.9. The van der Waals surface area contributed by atoms with Gasteiger partial charge in [0.2, 0.25) is 23.1 Å². The molecule has 7 nitrogen and oxygen atoms in total. The van der Waals surface area contributed by atoms with Gasteiger partial charge in [0.05, 0.1) is 12.5 Å². The number of rotatable bonds is 4. The monoisotopic (exact) mass is 339 g/mol. The summed E-state index contributed by atoms with van der Waals surface area (Å²) < 4.78 is 10.7. The minimum absolute atomic E-state index is 0.0264. The van der Waals surface area contributed by atoms with E-state index in [-0.39, 0.29) is 22.9 Å². The van der Waals surface area contributed by atoms with Crippen molar-refractivity contribution >= 4 is 28.6 Å². The van der Waals surface area contributed by atoms with E-state index in [1.807, 2.05) is 26.0 Å². The fourth-order valence-electron chi connectivity index (χ4n) is 2.67. The van der Waals surface area contributed by atoms with E-state index in [0.29, 0.717) is 16.8 Å². The number of amides is 2. The van der Waals surface area contributed by atoms with Gasteiger partial charge < -0.3 is 20.2 Å². The number of benzene rings is 1. The molecule has 0 fully saturated rings. The lowest BCUT2D eigenvalue weighted by Gasteiger charge is -2.06. The van der Waals surface area contributed by atoms with Gasteiger partial charge in [0, 0.05) is 11.6 Å². The number of carbonyl (C=O) groups is 2. The number of hydrogen-bond acceptors (Lipinski definition) is 5. The first-order valence-electron chi connectivity index (χ1n) is 7.56. The standard InChI is InChI=1S/C18H17N3O4/c1-9-4-5-11(10(2)8-9)15(22)16-14(21-18(19)23)12-6-7-13(24-3)20-17(12)25-16/h4-8H,1-3H3,(H3,19,21,23). The molecule has 0 spiro atoms. The number of ketones is 1. The molecule has 0 saturated heterocycles. The third-order valence-electron chi connectivity index (χ3n) is 3.82. The zero-order valence-electron chi connectivity index (χ0n) is 14.0. The molecule has 25 heavy (non-hydrogen) atoms. The Morgan fingerprint density at radius 3 is 2.60 bits per heavy atom. The largest absolute Gasteiger partial charge is 0.481 e. The topological polar surface area (TPSA) is 107 Å². The van der Waals surface area contributed by atoms with Gasteiger partial charge in [0.15, 0.2) is 0 Å². The van der Waals surface area contributed by atoms with Crippen LogP contribution in [0, 0.1) is 13.8 Å². The number of furan rings is 1. The quantitative estimate of drug-likeness (QED) is 0.710. The third kappa shape index (κ3) is 3.03. The van der Waals surface area contributed by atoms with E-state index in [4.69, 9.17) is 14.9 Å². The Labute approximate surface area is 143 Å². The Kier molecular flexibility index (Phi) is 4.14. The Hall–Kier alpha value is -3.35. The van der Waals surface area contributed by atoms with Crippen LogP contribution in [0.4, 0.5) is 10.5 Å². The van der Waals surface area contributed by atoms with Gasteiger partial charge in [-0.1, -0.05) is 23.8 Å². The second kappa shape index (κ2) is 6.27. The van der Waals surface area contributed by atoms with Gasteiger partial charge in [-0.05, 0) is 25.5 Å². The van der Waals surface area contributed by atoms with E-state index in [1.54, 1.807) is 18.2 Å². The summed E-state index contributed by atoms with van der Waals surface area (Å²) in [5.41, 5.74) is 7.94. The first-order valence-corrected chi connectivity index (χ1v) is 7.56. The fourth-order valence-corrected chi connectivity index (χ4v) is 2.67. The van der Waals surface area contributed by atoms with Crippen LogP contribution in [0.2, 0.25) is 0 Å². The van der Waals surface area contributed by atoms with E-state index < -0.39 is 6.03 Å². The second-order valence-corrected chi connectivity index (χ2v) is 5.65. The number of nitrogens with one attached hydrogen (secondary N) is 1. The maximum Gasteiger partial charge on any atom is 0.316 e. The summed E-state index contributed by atoms with van der Waals surface area (Å²) in [4.78, 5) is 28.5. The summed E-state index contributed by atoms with van der Waals surface area (Å²) in [6.45, 7) is 3.78. The van der Waals surface area contributed by atoms with Crippen LogP contribution < -0.4 is 15.8 Å². The smallest absolute Gasteiger partial charge is 0.316 e. The van der Waals surface area contributed by atoms with Gasteiger partial charge in [0.1, 0.15) is 5.69 Å². The number of primary amides is 1. The Morgan fingerprint density at radius 1 is 1.20 bits per heavy atom. The van der Waals surface area contributed by atoms with Crippen molar-refractivity contribution in [2.24, 2.45) is 5.73 Å². The predicted molar refractivity (Wildman–Crippen MR) is 93.1 cm³/mol. The molecule has 0 saturated carbocycles. The van der Waals surface area contributed by atoms with Crippen molar-refractivity contribution in [3.8, 4) is 5.88 Å². The van der Waals surface area contributed by atoms with E-state index in [9.17, 15) is 9.59 Å². The number of nitrogens with two attached hydrogens (primary N) is 1. The average molecular weight is 339 g/mol. The normalized spacial score (nSPS) is 10.7. The van der Waals surface area contributed by atoms with Crippen molar-refractivity contribution in [2.45, 2.75) is 13.8 Å². The summed E-state index contributed by atoms with van der Waals surface area (Å²) in [5.74, 6) is -0.0582. The van der Waals surface area contributed by atoms with E-state index >= 15 is 0 Å². The average Bonchev–Trinajstić information content (AvgIpc) is 2.91. The molecule has 0 atom stereocenters. The number of aryl methyl sites for hydroxylation is 2. The lowest BCUT2D eigenvalue weighted by molar-refractivity contribution is 0.101. The summed E-state index contributed by atoms with van der Waals surface area (Å²) in [6.07, 6.45) is 0. The van der Waals surface area contributed by atoms with Crippen LogP contribution in [0.3, 0.4) is 0 Å². The van der Waals surface area contributed by atoms with Gasteiger partial charge in [-0.15, -0.1) is 0 Å². The highest BCUT2D eigenvalue weighted by Crippen LogP contribution is 2.33. The van der Waals surface area contributed by atoms with Gasteiger partial charge in [-0.3, -0.25) is 4.79 Å². The number of carbonyl (C=O) groups excluding carboxylic acids is 2. The molecule has 0 aliphatic heterocycles. The summed E-state index contributed by atoms with van der Waals surface area (Å²) in [6, 6.07) is 7.92. The molecule has 128 valence electrons. The van der Waals surface area contributed by atoms with E-state index in [0.717, 1.165) is 11.1 Å². The fraction of sp³-hybridized carbons (Fsp3) is 0.167. The minimum Gasteiger partial charge on any atom is -0.481 e. The second-order valence-electron chi connectivity index (χ2n) is 5.65. The molecule has 3 N–H and O–H groups in total. The minimum atomic E-state index is -0.798. The van der Waals surface area contributed by atoms with Crippen LogP contribution >= 0.6 is 0 Å². The number of pyridine rings is 1. The number of urea groups is 1. The highest BCUT2D eigenvalue weighted by Gasteiger charge is 2.25. The number of hydrogen-bond donors (Lipinski definition) is 2. The molecule has 1 aromatic carbocycles. The number of anilines is 1. The predicted octanol–water partition coefficient (Wildman–Crippen LogP) is 3.17. The number of methoxy groups -OCH3 is 1. The molecule has 2 amide bonds. The van der Waals surface area contributed by atoms with E-state index in [1.165, 1.54) is 7.11 Å². The Bertz CT molecular complexity index is 991. The lowest BCUT2D eigenvalue weighted by atomic mass is 10.00. The van der Waals surface area contributed by atoms with Crippen molar-refractivity contribution in [3.63, 3.8) is 0 Å². The summed E-state index contributed by atoms with van der Waals surface area (Å²) in [5, 5.41) is 2.92. The Balaban J connectivity index is 2.19. The van der Waals surface area contributed by atoms with Crippen molar-refractivity contribution in [1.82, 2.24) is 4.98 Å². The van der Waals surface area contributed by atoms with Crippen molar-refractivity contribution < 1.29 is 18.7 Å². The summed E-state index contributed by atoms with van der Waals surface area (Å²) in [7, 11) is 1.47. The highest BCUT2D eigenvalue weighted by molar-refractivity contribution is 6.17. The van der Waals surface area contributed by atoms with Crippen molar-refractivity contribution in [1.29, 1.82) is 0 Å². The Morgan fingerprint density at radius 2 is 1.96 bits per heavy atom. The molecule has 0 bridgehead atoms. The van der Waals surface area contributed by atoms with E-state index in [2.05, 4.69) is 10.3 Å². The van der Waals surface area contributed by atoms with Gasteiger partial charge in [-0.2, -0.15) is 4.98 Å². The molecule has 3 aromatic rings. The zero-order valence-corrected chi connectivity index (χ0v) is 14.0. The maximum atomic E-state index is 13.0. The number of aromatic nitrogens is 1. The van der Waals surface area contributed by atoms with Gasteiger partial charge >= 0.3 is 6.03 Å². The van der Waals surface area contributed by atoms with Crippen LogP contribution in [0.15, 0.2) is 34.7 Å². The lowest BCUT2D eigenvalue weighted by Crippen LogP contribution is -2.20. The van der Waals surface area contributed by atoms with Gasteiger partial charge in [-0.25, -0.2) is 4.79 Å². The highest BCUT2D eigenvalue weighted by atomic mass is 16.5. The number of ether oxygens (including phenoxy) is 1. The molecule has 0 aliphatic rings. The maximum absolute atomic E-state index is 13.0. The van der Waals surface area contributed by atoms with Crippen molar-refractivity contribution in [3.05, 3.63) is 52.8 Å². The molecular formula is C18H17N3O4. The first kappa shape index (κ1) is 16.5. The molecule has 7 heteroatoms. The molecule has 0 radical (unpaired) electrons. The summed E-state index contributed by atoms with van der Waals surface area (Å²) >= 11 is 0. The molecule has 0 aliphatic carbocycles. The van der Waals surface area contributed by atoms with Crippen molar-refractivity contribution in [2.75, 3.05) is 12.4 Å². The molecule has 0 unspecified atom stereocenters. The molecule has 2 aromatic heterocycles. The number of fused-ring (bicyclic) bond motifs is 1.